The zero-order valence-corrected chi connectivity index (χ0v) is 11.0. The molecule has 0 aliphatic rings. The van der Waals surface area contributed by atoms with Crippen LogP contribution in [0.3, 0.4) is 0 Å². The summed E-state index contributed by atoms with van der Waals surface area (Å²) in [7, 11) is 0. The Labute approximate surface area is 108 Å². The number of halogens is 1. The van der Waals surface area contributed by atoms with E-state index in [4.69, 9.17) is 5.26 Å². The monoisotopic (exact) mass is 249 g/mol. The number of anilines is 1. The van der Waals surface area contributed by atoms with E-state index in [1.807, 2.05) is 6.92 Å². The molecular formula is C14H20FN3. The highest BCUT2D eigenvalue weighted by atomic mass is 19.1. The fourth-order valence-corrected chi connectivity index (χ4v) is 1.87. The third kappa shape index (κ3) is 4.34. The topological polar surface area (TPSA) is 39.1 Å². The van der Waals surface area contributed by atoms with E-state index >= 15 is 0 Å². The molecule has 0 aliphatic carbocycles. The molecule has 0 aliphatic heterocycles. The summed E-state index contributed by atoms with van der Waals surface area (Å²) in [5, 5.41) is 12.1. The fourth-order valence-electron chi connectivity index (χ4n) is 1.87. The van der Waals surface area contributed by atoms with Crippen LogP contribution in [-0.4, -0.2) is 25.7 Å². The van der Waals surface area contributed by atoms with Crippen molar-refractivity contribution < 1.29 is 4.39 Å². The molecule has 1 aromatic rings. The van der Waals surface area contributed by atoms with Crippen molar-refractivity contribution in [1.82, 2.24) is 5.32 Å². The lowest BCUT2D eigenvalue weighted by molar-refractivity contribution is 0.576. The summed E-state index contributed by atoms with van der Waals surface area (Å²) in [6, 6.07) is 8.59. The van der Waals surface area contributed by atoms with Crippen LogP contribution in [0, 0.1) is 17.1 Å². The van der Waals surface area contributed by atoms with Gasteiger partial charge in [0, 0.05) is 18.8 Å². The summed E-state index contributed by atoms with van der Waals surface area (Å²) in [5.74, 6) is -0.225. The number of nitrogens with zero attached hydrogens (tertiary/aromatic N) is 2. The molecule has 98 valence electrons. The van der Waals surface area contributed by atoms with E-state index in [0.717, 1.165) is 31.7 Å². The van der Waals surface area contributed by atoms with Gasteiger partial charge in [-0.25, -0.2) is 4.39 Å². The minimum atomic E-state index is -0.225. The normalized spacial score (nSPS) is 11.9. The third-order valence-electron chi connectivity index (χ3n) is 2.87. The zero-order valence-electron chi connectivity index (χ0n) is 11.0. The summed E-state index contributed by atoms with van der Waals surface area (Å²) in [6.45, 7) is 6.46. The molecular weight excluding hydrogens is 229 g/mol. The molecule has 0 spiro atoms. The maximum absolute atomic E-state index is 12.9. The molecule has 0 bridgehead atoms. The highest BCUT2D eigenvalue weighted by molar-refractivity contribution is 5.46. The van der Waals surface area contributed by atoms with Crippen molar-refractivity contribution in [3.8, 4) is 6.07 Å². The van der Waals surface area contributed by atoms with Crippen molar-refractivity contribution in [3.05, 3.63) is 30.1 Å². The first kappa shape index (κ1) is 14.5. The maximum Gasteiger partial charge on any atom is 0.123 e. The van der Waals surface area contributed by atoms with Crippen molar-refractivity contribution in [3.63, 3.8) is 0 Å². The number of rotatable bonds is 7. The van der Waals surface area contributed by atoms with Crippen LogP contribution in [0.4, 0.5) is 10.1 Å². The quantitative estimate of drug-likeness (QED) is 0.807. The van der Waals surface area contributed by atoms with Crippen molar-refractivity contribution in [2.24, 2.45) is 0 Å². The second-order valence-corrected chi connectivity index (χ2v) is 4.08. The Bertz CT molecular complexity index is 383. The number of benzene rings is 1. The van der Waals surface area contributed by atoms with E-state index in [9.17, 15) is 4.39 Å². The van der Waals surface area contributed by atoms with Crippen LogP contribution in [-0.2, 0) is 0 Å². The van der Waals surface area contributed by atoms with Gasteiger partial charge in [-0.1, -0.05) is 6.92 Å². The van der Waals surface area contributed by atoms with Crippen LogP contribution in [0.2, 0.25) is 0 Å². The zero-order chi connectivity index (χ0) is 13.4. The minimum absolute atomic E-state index is 0.121. The van der Waals surface area contributed by atoms with Crippen molar-refractivity contribution in [2.75, 3.05) is 24.5 Å². The van der Waals surface area contributed by atoms with Gasteiger partial charge in [0.1, 0.15) is 5.82 Å². The number of nitriles is 1. The standard InChI is InChI=1S/C14H20FN3/c1-3-17-13(11-16)9-10-18(4-2)14-7-5-12(15)6-8-14/h5-8,13,17H,3-4,9-10H2,1-2H3. The summed E-state index contributed by atoms with van der Waals surface area (Å²) < 4.78 is 12.9. The second-order valence-electron chi connectivity index (χ2n) is 4.08. The second kappa shape index (κ2) is 7.67. The molecule has 3 nitrogen and oxygen atoms in total. The van der Waals surface area contributed by atoms with Crippen LogP contribution < -0.4 is 10.2 Å². The molecule has 0 amide bonds. The molecule has 1 rings (SSSR count). The van der Waals surface area contributed by atoms with Crippen LogP contribution >= 0.6 is 0 Å². The van der Waals surface area contributed by atoms with Crippen LogP contribution in [0.5, 0.6) is 0 Å². The Morgan fingerprint density at radius 3 is 2.50 bits per heavy atom. The highest BCUT2D eigenvalue weighted by Gasteiger charge is 2.09. The molecule has 1 atom stereocenters. The van der Waals surface area contributed by atoms with E-state index in [1.165, 1.54) is 12.1 Å². The largest absolute Gasteiger partial charge is 0.372 e. The first-order chi connectivity index (χ1) is 8.71. The van der Waals surface area contributed by atoms with Crippen LogP contribution in [0.1, 0.15) is 20.3 Å². The third-order valence-corrected chi connectivity index (χ3v) is 2.87. The van der Waals surface area contributed by atoms with Gasteiger partial charge in [0.15, 0.2) is 0 Å². The molecule has 1 aromatic carbocycles. The predicted molar refractivity (Wildman–Crippen MR) is 72.0 cm³/mol. The summed E-state index contributed by atoms with van der Waals surface area (Å²) in [5.41, 5.74) is 0.993. The Morgan fingerprint density at radius 2 is 2.00 bits per heavy atom. The van der Waals surface area contributed by atoms with Gasteiger partial charge in [-0.15, -0.1) is 0 Å². The summed E-state index contributed by atoms with van der Waals surface area (Å²) >= 11 is 0. The minimum Gasteiger partial charge on any atom is -0.372 e. The Kier molecular flexibility index (Phi) is 6.16. The molecule has 1 unspecified atom stereocenters. The number of hydrogen-bond donors (Lipinski definition) is 1. The average molecular weight is 249 g/mol. The average Bonchev–Trinajstić information content (AvgIpc) is 2.40. The lowest BCUT2D eigenvalue weighted by Crippen LogP contribution is -2.33. The van der Waals surface area contributed by atoms with E-state index in [-0.39, 0.29) is 11.9 Å². The van der Waals surface area contributed by atoms with Crippen molar-refractivity contribution in [2.45, 2.75) is 26.3 Å². The van der Waals surface area contributed by atoms with Gasteiger partial charge in [-0.3, -0.25) is 0 Å². The molecule has 0 radical (unpaired) electrons. The molecule has 18 heavy (non-hydrogen) atoms. The Morgan fingerprint density at radius 1 is 1.33 bits per heavy atom. The first-order valence-corrected chi connectivity index (χ1v) is 6.34. The van der Waals surface area contributed by atoms with Gasteiger partial charge in [-0.2, -0.15) is 5.26 Å². The van der Waals surface area contributed by atoms with E-state index in [1.54, 1.807) is 12.1 Å². The Balaban J connectivity index is 2.57. The number of nitrogens with one attached hydrogen (secondary N) is 1. The van der Waals surface area contributed by atoms with Gasteiger partial charge in [0.05, 0.1) is 12.1 Å². The van der Waals surface area contributed by atoms with Crippen molar-refractivity contribution in [1.29, 1.82) is 5.26 Å². The maximum atomic E-state index is 12.9. The van der Waals surface area contributed by atoms with E-state index < -0.39 is 0 Å². The van der Waals surface area contributed by atoms with Gasteiger partial charge in [0.2, 0.25) is 0 Å². The van der Waals surface area contributed by atoms with Crippen molar-refractivity contribution >= 4 is 5.69 Å². The fraction of sp³-hybridized carbons (Fsp3) is 0.500. The first-order valence-electron chi connectivity index (χ1n) is 6.34. The molecule has 0 saturated heterocycles. The molecule has 0 fully saturated rings. The van der Waals surface area contributed by atoms with Gasteiger partial charge >= 0.3 is 0 Å². The lowest BCUT2D eigenvalue weighted by Gasteiger charge is -2.24. The van der Waals surface area contributed by atoms with E-state index in [0.29, 0.717) is 0 Å². The Hall–Kier alpha value is -1.60. The van der Waals surface area contributed by atoms with Crippen LogP contribution in [0.15, 0.2) is 24.3 Å². The molecule has 0 saturated carbocycles. The SMILES string of the molecule is CCNC(C#N)CCN(CC)c1ccc(F)cc1. The van der Waals surface area contributed by atoms with Gasteiger partial charge < -0.3 is 10.2 Å². The lowest BCUT2D eigenvalue weighted by atomic mass is 10.2. The summed E-state index contributed by atoms with van der Waals surface area (Å²) in [6.07, 6.45) is 0.759. The smallest absolute Gasteiger partial charge is 0.123 e. The molecule has 0 aromatic heterocycles. The van der Waals surface area contributed by atoms with E-state index in [2.05, 4.69) is 23.2 Å². The highest BCUT2D eigenvalue weighted by Crippen LogP contribution is 2.15. The van der Waals surface area contributed by atoms with Gasteiger partial charge in [-0.05, 0) is 44.2 Å². The molecule has 0 heterocycles. The summed E-state index contributed by atoms with van der Waals surface area (Å²) in [4.78, 5) is 2.14. The number of hydrogen-bond acceptors (Lipinski definition) is 3. The molecule has 4 heteroatoms. The molecule has 1 N–H and O–H groups in total. The predicted octanol–water partition coefficient (Wildman–Crippen LogP) is 2.54. The van der Waals surface area contributed by atoms with Gasteiger partial charge in [0.25, 0.3) is 0 Å². The van der Waals surface area contributed by atoms with Crippen LogP contribution in [0.25, 0.3) is 0 Å².